The van der Waals surface area contributed by atoms with E-state index < -0.39 is 5.91 Å². The predicted octanol–water partition coefficient (Wildman–Crippen LogP) is 5.64. The molecule has 4 aromatic rings. The highest BCUT2D eigenvalue weighted by Gasteiger charge is 2.25. The molecule has 5 rings (SSSR count). The lowest BCUT2D eigenvalue weighted by Gasteiger charge is -2.10. The smallest absolute Gasteiger partial charge is 0.257 e. The van der Waals surface area contributed by atoms with Crippen molar-refractivity contribution in [1.82, 2.24) is 4.98 Å². The normalized spacial score (nSPS) is 13.5. The van der Waals surface area contributed by atoms with Crippen molar-refractivity contribution < 1.29 is 9.59 Å². The minimum atomic E-state index is -0.478. The van der Waals surface area contributed by atoms with Gasteiger partial charge < -0.3 is 11.1 Å². The van der Waals surface area contributed by atoms with Crippen LogP contribution in [0.5, 0.6) is 0 Å². The first-order valence-electron chi connectivity index (χ1n) is 10.3. The lowest BCUT2D eigenvalue weighted by molar-refractivity contribution is 0.100. The molecule has 0 saturated carbocycles. The van der Waals surface area contributed by atoms with Crippen LogP contribution in [0.2, 0.25) is 0 Å². The highest BCUT2D eigenvalue weighted by Crippen LogP contribution is 2.38. The van der Waals surface area contributed by atoms with E-state index in [1.165, 1.54) is 16.2 Å². The molecule has 3 N–H and O–H groups in total. The second-order valence-electron chi connectivity index (χ2n) is 7.64. The van der Waals surface area contributed by atoms with Gasteiger partial charge in [0.05, 0.1) is 27.2 Å². The number of carbonyl (C=O) groups is 2. The number of fused-ring (bicyclic) bond motifs is 2. The van der Waals surface area contributed by atoms with Gasteiger partial charge in [-0.3, -0.25) is 9.59 Å². The van der Waals surface area contributed by atoms with E-state index in [0.29, 0.717) is 16.1 Å². The molecule has 0 radical (unpaired) electrons. The summed E-state index contributed by atoms with van der Waals surface area (Å²) >= 11 is 3.07. The zero-order valence-electron chi connectivity index (χ0n) is 16.8. The quantitative estimate of drug-likeness (QED) is 0.397. The average molecular weight is 448 g/mol. The number of aromatic nitrogens is 1. The average Bonchev–Trinajstić information content (AvgIpc) is 3.36. The number of amides is 2. The number of primary amides is 1. The minimum Gasteiger partial charge on any atom is -0.365 e. The van der Waals surface area contributed by atoms with Crippen LogP contribution < -0.4 is 11.1 Å². The summed E-state index contributed by atoms with van der Waals surface area (Å²) in [5.41, 5.74) is 9.29. The van der Waals surface area contributed by atoms with E-state index in [1.807, 2.05) is 47.8 Å². The van der Waals surface area contributed by atoms with Gasteiger partial charge in [-0.05, 0) is 54.8 Å². The number of anilines is 1. The van der Waals surface area contributed by atoms with Crippen molar-refractivity contribution in [3.63, 3.8) is 0 Å². The Morgan fingerprint density at radius 2 is 1.87 bits per heavy atom. The summed E-state index contributed by atoms with van der Waals surface area (Å²) in [7, 11) is 0. The van der Waals surface area contributed by atoms with Crippen LogP contribution in [-0.4, -0.2) is 16.8 Å². The molecule has 1 aromatic carbocycles. The van der Waals surface area contributed by atoms with Gasteiger partial charge in [0.2, 0.25) is 0 Å². The summed E-state index contributed by atoms with van der Waals surface area (Å²) < 4.78 is 0. The number of pyridine rings is 1. The van der Waals surface area contributed by atoms with Crippen LogP contribution in [0.1, 0.15) is 50.4 Å². The summed E-state index contributed by atoms with van der Waals surface area (Å²) in [6, 6.07) is 13.4. The lowest BCUT2D eigenvalue weighted by Crippen LogP contribution is -2.18. The maximum Gasteiger partial charge on any atom is 0.257 e. The van der Waals surface area contributed by atoms with Crippen molar-refractivity contribution >= 4 is 50.4 Å². The largest absolute Gasteiger partial charge is 0.365 e. The van der Waals surface area contributed by atoms with Crippen molar-refractivity contribution in [3.05, 3.63) is 69.4 Å². The molecule has 31 heavy (non-hydrogen) atoms. The topological polar surface area (TPSA) is 85.1 Å². The van der Waals surface area contributed by atoms with Gasteiger partial charge in [0.15, 0.2) is 0 Å². The van der Waals surface area contributed by atoms with Gasteiger partial charge in [0.1, 0.15) is 5.00 Å². The van der Waals surface area contributed by atoms with Crippen LogP contribution in [0.25, 0.3) is 21.5 Å². The number of rotatable bonds is 4. The van der Waals surface area contributed by atoms with Crippen molar-refractivity contribution in [1.29, 1.82) is 0 Å². The van der Waals surface area contributed by atoms with Gasteiger partial charge >= 0.3 is 0 Å². The molecule has 3 aromatic heterocycles. The third-order valence-electron chi connectivity index (χ3n) is 5.63. The Bertz CT molecular complexity index is 1290. The fraction of sp³-hybridized carbons (Fsp3) is 0.208. The lowest BCUT2D eigenvalue weighted by atomic mass is 10.0. The van der Waals surface area contributed by atoms with Crippen molar-refractivity contribution in [2.45, 2.75) is 32.1 Å². The number of aryl methyl sites for hydroxylation is 1. The summed E-state index contributed by atoms with van der Waals surface area (Å²) in [6.45, 7) is 0. The molecule has 0 fully saturated rings. The maximum atomic E-state index is 13.4. The van der Waals surface area contributed by atoms with Gasteiger partial charge in [0.25, 0.3) is 11.8 Å². The standard InChI is InChI=1S/C24H21N3O2S2/c25-22(28)21-15-8-2-1-3-10-19(15)31-24(21)27-23(29)16-13-18(20-11-6-12-30-20)26-17-9-5-4-7-14(16)17/h4-7,9,11-13H,1-3,8,10H2,(H2,25,28)(H,27,29). The highest BCUT2D eigenvalue weighted by atomic mass is 32.1. The van der Waals surface area contributed by atoms with Crippen LogP contribution in [0, 0.1) is 0 Å². The number of nitrogens with two attached hydrogens (primary N) is 1. The summed E-state index contributed by atoms with van der Waals surface area (Å²) in [5.74, 6) is -0.733. The first kappa shape index (κ1) is 19.9. The van der Waals surface area contributed by atoms with Crippen LogP contribution in [0.15, 0.2) is 47.8 Å². The first-order chi connectivity index (χ1) is 15.1. The SMILES string of the molecule is NC(=O)c1c(NC(=O)c2cc(-c3cccs3)nc3ccccc23)sc2c1CCCCC2. The Balaban J connectivity index is 1.58. The van der Waals surface area contributed by atoms with Crippen LogP contribution >= 0.6 is 22.7 Å². The molecule has 0 aliphatic heterocycles. The molecule has 0 atom stereocenters. The zero-order valence-corrected chi connectivity index (χ0v) is 18.4. The molecule has 0 bridgehead atoms. The van der Waals surface area contributed by atoms with E-state index in [4.69, 9.17) is 10.7 Å². The highest BCUT2D eigenvalue weighted by molar-refractivity contribution is 7.17. The molecule has 1 aliphatic carbocycles. The van der Waals surface area contributed by atoms with Gasteiger partial charge in [-0.15, -0.1) is 22.7 Å². The van der Waals surface area contributed by atoms with Gasteiger partial charge in [-0.25, -0.2) is 4.98 Å². The fourth-order valence-corrected chi connectivity index (χ4v) is 6.15. The Morgan fingerprint density at radius 1 is 1.03 bits per heavy atom. The molecule has 2 amide bonds. The number of nitrogens with one attached hydrogen (secondary N) is 1. The van der Waals surface area contributed by atoms with E-state index in [9.17, 15) is 9.59 Å². The Morgan fingerprint density at radius 3 is 2.68 bits per heavy atom. The van der Waals surface area contributed by atoms with Gasteiger partial charge in [-0.1, -0.05) is 30.7 Å². The van der Waals surface area contributed by atoms with E-state index in [-0.39, 0.29) is 5.91 Å². The van der Waals surface area contributed by atoms with Crippen LogP contribution in [-0.2, 0) is 12.8 Å². The zero-order chi connectivity index (χ0) is 21.4. The molecule has 7 heteroatoms. The number of para-hydroxylation sites is 1. The molecule has 3 heterocycles. The number of nitrogens with zero attached hydrogens (tertiary/aromatic N) is 1. The molecular weight excluding hydrogens is 426 g/mol. The van der Waals surface area contributed by atoms with Crippen LogP contribution in [0.3, 0.4) is 0 Å². The molecule has 0 unspecified atom stereocenters. The van der Waals surface area contributed by atoms with Crippen molar-refractivity contribution in [3.8, 4) is 10.6 Å². The van der Waals surface area contributed by atoms with E-state index >= 15 is 0 Å². The first-order valence-corrected chi connectivity index (χ1v) is 12.0. The van der Waals surface area contributed by atoms with Crippen LogP contribution in [0.4, 0.5) is 5.00 Å². The number of hydrogen-bond donors (Lipinski definition) is 2. The van der Waals surface area contributed by atoms with Gasteiger partial charge in [0, 0.05) is 10.3 Å². The minimum absolute atomic E-state index is 0.254. The molecule has 0 saturated heterocycles. The van der Waals surface area contributed by atoms with Crippen molar-refractivity contribution in [2.24, 2.45) is 5.73 Å². The third kappa shape index (κ3) is 3.75. The Labute approximate surface area is 187 Å². The number of carbonyl (C=O) groups excluding carboxylic acids is 2. The molecule has 1 aliphatic rings. The number of hydrogen-bond acceptors (Lipinski definition) is 5. The summed E-state index contributed by atoms with van der Waals surface area (Å²) in [5, 5.41) is 6.33. The monoisotopic (exact) mass is 447 g/mol. The molecule has 0 spiro atoms. The van der Waals surface area contributed by atoms with E-state index in [1.54, 1.807) is 11.3 Å². The van der Waals surface area contributed by atoms with Gasteiger partial charge in [-0.2, -0.15) is 0 Å². The van der Waals surface area contributed by atoms with E-state index in [2.05, 4.69) is 5.32 Å². The van der Waals surface area contributed by atoms with E-state index in [0.717, 1.165) is 59.1 Å². The Kier molecular flexibility index (Phi) is 5.29. The fourth-order valence-electron chi connectivity index (χ4n) is 4.18. The molecular formula is C24H21N3O2S2. The summed E-state index contributed by atoms with van der Waals surface area (Å²) in [6.07, 6.45) is 5.04. The second-order valence-corrected chi connectivity index (χ2v) is 9.69. The molecule has 156 valence electrons. The number of thiophene rings is 2. The second kappa shape index (κ2) is 8.24. The molecule has 5 nitrogen and oxygen atoms in total. The predicted molar refractivity (Wildman–Crippen MR) is 127 cm³/mol. The third-order valence-corrected chi connectivity index (χ3v) is 7.73. The summed E-state index contributed by atoms with van der Waals surface area (Å²) in [4.78, 5) is 32.6. The number of benzene rings is 1. The van der Waals surface area contributed by atoms with Crippen molar-refractivity contribution in [2.75, 3.05) is 5.32 Å². The maximum absolute atomic E-state index is 13.4. The Hall–Kier alpha value is -3.03.